The molecule has 21 heavy (non-hydrogen) atoms. The summed E-state index contributed by atoms with van der Waals surface area (Å²) in [6.45, 7) is 6.77. The van der Waals surface area contributed by atoms with E-state index in [0.717, 1.165) is 0 Å². The normalized spacial score (nSPS) is 12.2. The van der Waals surface area contributed by atoms with Crippen molar-refractivity contribution >= 4 is 23.3 Å². The average molecular weight is 310 g/mol. The van der Waals surface area contributed by atoms with Gasteiger partial charge in [0, 0.05) is 17.3 Å². The van der Waals surface area contributed by atoms with Crippen LogP contribution in [0.1, 0.15) is 23.9 Å². The number of alkyl halides is 1. The van der Waals surface area contributed by atoms with Gasteiger partial charge in [0.25, 0.3) is 5.56 Å². The largest absolute Gasteiger partial charge is 0.309 e. The minimum atomic E-state index is -0.680. The fourth-order valence-corrected chi connectivity index (χ4v) is 1.76. The lowest BCUT2D eigenvalue weighted by Crippen LogP contribution is -2.24. The fraction of sp³-hybridized carbons (Fsp3) is 0.385. The Morgan fingerprint density at radius 2 is 2.10 bits per heavy atom. The topological polar surface area (TPSA) is 92.7 Å². The number of aryl methyl sites for hydroxylation is 2. The third-order valence-electron chi connectivity index (χ3n) is 3.03. The zero-order chi connectivity index (χ0) is 15.7. The Morgan fingerprint density at radius 3 is 2.67 bits per heavy atom. The Labute approximate surface area is 126 Å². The molecule has 0 unspecified atom stereocenters. The molecule has 7 nitrogen and oxygen atoms in total. The van der Waals surface area contributed by atoms with Crippen molar-refractivity contribution in [3.05, 3.63) is 33.4 Å². The molecule has 0 saturated heterocycles. The van der Waals surface area contributed by atoms with Gasteiger partial charge in [0.05, 0.1) is 5.69 Å². The van der Waals surface area contributed by atoms with E-state index in [1.165, 1.54) is 4.68 Å². The van der Waals surface area contributed by atoms with Crippen molar-refractivity contribution in [2.45, 2.75) is 33.1 Å². The summed E-state index contributed by atoms with van der Waals surface area (Å²) in [5.41, 5.74) is 1.58. The summed E-state index contributed by atoms with van der Waals surface area (Å²) >= 11 is 5.74. The predicted molar refractivity (Wildman–Crippen MR) is 80.1 cm³/mol. The molecule has 1 atom stereocenters. The molecule has 0 aliphatic heterocycles. The molecule has 0 saturated carbocycles. The van der Waals surface area contributed by atoms with Crippen molar-refractivity contribution in [2.24, 2.45) is 0 Å². The highest BCUT2D eigenvalue weighted by Crippen LogP contribution is 2.15. The van der Waals surface area contributed by atoms with E-state index in [2.05, 4.69) is 20.4 Å². The summed E-state index contributed by atoms with van der Waals surface area (Å²) in [7, 11) is 0. The maximum atomic E-state index is 11.8. The second-order valence-electron chi connectivity index (χ2n) is 4.79. The second kappa shape index (κ2) is 5.69. The SMILES string of the molecule is Cc1cc(NC(=O)[C@H](C)Cl)n(-c2nc(C)c(C)c(=O)[nH]2)n1. The summed E-state index contributed by atoms with van der Waals surface area (Å²) in [5.74, 6) is 0.286. The van der Waals surface area contributed by atoms with Gasteiger partial charge in [-0.3, -0.25) is 14.6 Å². The smallest absolute Gasteiger partial charge is 0.255 e. The van der Waals surface area contributed by atoms with Crippen molar-refractivity contribution < 1.29 is 4.79 Å². The Kier molecular flexibility index (Phi) is 4.13. The monoisotopic (exact) mass is 309 g/mol. The minimum absolute atomic E-state index is 0.242. The predicted octanol–water partition coefficient (Wildman–Crippen LogP) is 1.45. The Bertz CT molecular complexity index is 748. The van der Waals surface area contributed by atoms with Crippen molar-refractivity contribution in [1.82, 2.24) is 19.7 Å². The van der Waals surface area contributed by atoms with Gasteiger partial charge in [0.2, 0.25) is 11.9 Å². The van der Waals surface area contributed by atoms with Gasteiger partial charge in [-0.05, 0) is 27.7 Å². The summed E-state index contributed by atoms with van der Waals surface area (Å²) in [4.78, 5) is 30.5. The van der Waals surface area contributed by atoms with Crippen LogP contribution in [-0.4, -0.2) is 31.0 Å². The molecule has 0 aliphatic carbocycles. The van der Waals surface area contributed by atoms with E-state index in [1.54, 1.807) is 33.8 Å². The van der Waals surface area contributed by atoms with E-state index < -0.39 is 5.38 Å². The number of H-pyrrole nitrogens is 1. The average Bonchev–Trinajstić information content (AvgIpc) is 2.76. The molecule has 0 aromatic carbocycles. The van der Waals surface area contributed by atoms with Crippen LogP contribution in [0.5, 0.6) is 0 Å². The van der Waals surface area contributed by atoms with Gasteiger partial charge in [-0.1, -0.05) is 0 Å². The molecular formula is C13H16ClN5O2. The van der Waals surface area contributed by atoms with Crippen molar-refractivity contribution in [3.63, 3.8) is 0 Å². The van der Waals surface area contributed by atoms with E-state index in [9.17, 15) is 9.59 Å². The van der Waals surface area contributed by atoms with Crippen molar-refractivity contribution in [2.75, 3.05) is 5.32 Å². The first kappa shape index (κ1) is 15.2. The number of carbonyl (C=O) groups excluding carboxylic acids is 1. The molecule has 112 valence electrons. The number of nitrogens with zero attached hydrogens (tertiary/aromatic N) is 3. The molecule has 0 bridgehead atoms. The molecule has 2 aromatic heterocycles. The lowest BCUT2D eigenvalue weighted by atomic mass is 10.3. The number of anilines is 1. The van der Waals surface area contributed by atoms with Crippen LogP contribution in [0.15, 0.2) is 10.9 Å². The molecule has 2 heterocycles. The number of hydrogen-bond donors (Lipinski definition) is 2. The first-order valence-electron chi connectivity index (χ1n) is 6.39. The van der Waals surface area contributed by atoms with Gasteiger partial charge in [-0.2, -0.15) is 9.78 Å². The summed E-state index contributed by atoms with van der Waals surface area (Å²) in [5, 5.41) is 6.20. The first-order chi connectivity index (χ1) is 9.79. The molecule has 8 heteroatoms. The first-order valence-corrected chi connectivity index (χ1v) is 6.82. The number of hydrogen-bond acceptors (Lipinski definition) is 4. The molecule has 0 radical (unpaired) electrons. The summed E-state index contributed by atoms with van der Waals surface area (Å²) in [6.07, 6.45) is 0. The van der Waals surface area contributed by atoms with Crippen LogP contribution in [0.3, 0.4) is 0 Å². The van der Waals surface area contributed by atoms with Crippen molar-refractivity contribution in [1.29, 1.82) is 0 Å². The summed E-state index contributed by atoms with van der Waals surface area (Å²) in [6, 6.07) is 1.67. The third-order valence-corrected chi connectivity index (χ3v) is 3.23. The molecule has 0 fully saturated rings. The van der Waals surface area contributed by atoms with Crippen LogP contribution in [0.25, 0.3) is 5.95 Å². The maximum Gasteiger partial charge on any atom is 0.255 e. The Morgan fingerprint density at radius 1 is 1.43 bits per heavy atom. The van der Waals surface area contributed by atoms with Crippen LogP contribution in [-0.2, 0) is 4.79 Å². The second-order valence-corrected chi connectivity index (χ2v) is 5.44. The zero-order valence-electron chi connectivity index (χ0n) is 12.2. The van der Waals surface area contributed by atoms with Gasteiger partial charge >= 0.3 is 0 Å². The molecular weight excluding hydrogens is 294 g/mol. The van der Waals surface area contributed by atoms with E-state index >= 15 is 0 Å². The molecule has 2 aromatic rings. The number of rotatable bonds is 3. The van der Waals surface area contributed by atoms with Crippen LogP contribution < -0.4 is 10.9 Å². The number of nitrogens with one attached hydrogen (secondary N) is 2. The third kappa shape index (κ3) is 3.13. The van der Waals surface area contributed by atoms with Crippen molar-refractivity contribution in [3.8, 4) is 5.95 Å². The Hall–Kier alpha value is -2.15. The Balaban J connectivity index is 2.50. The van der Waals surface area contributed by atoms with E-state index in [4.69, 9.17) is 11.6 Å². The molecule has 2 N–H and O–H groups in total. The number of aromatic amines is 1. The lowest BCUT2D eigenvalue weighted by molar-refractivity contribution is -0.115. The number of aromatic nitrogens is 4. The van der Waals surface area contributed by atoms with Gasteiger partial charge in [0.1, 0.15) is 11.2 Å². The van der Waals surface area contributed by atoms with Gasteiger partial charge < -0.3 is 5.32 Å². The highest BCUT2D eigenvalue weighted by molar-refractivity contribution is 6.32. The summed E-state index contributed by atoms with van der Waals surface area (Å²) < 4.78 is 1.38. The number of carbonyl (C=O) groups is 1. The zero-order valence-corrected chi connectivity index (χ0v) is 12.9. The van der Waals surface area contributed by atoms with E-state index in [0.29, 0.717) is 22.8 Å². The quantitative estimate of drug-likeness (QED) is 0.839. The van der Waals surface area contributed by atoms with Gasteiger partial charge in [0.15, 0.2) is 0 Å². The lowest BCUT2D eigenvalue weighted by Gasteiger charge is -2.09. The van der Waals surface area contributed by atoms with Crippen LogP contribution >= 0.6 is 11.6 Å². The molecule has 0 aliphatic rings. The molecule has 2 rings (SSSR count). The van der Waals surface area contributed by atoms with Gasteiger partial charge in [-0.25, -0.2) is 4.98 Å². The molecule has 1 amide bonds. The molecule has 0 spiro atoms. The van der Waals surface area contributed by atoms with Crippen LogP contribution in [0.2, 0.25) is 0 Å². The van der Waals surface area contributed by atoms with Crippen LogP contribution in [0, 0.1) is 20.8 Å². The number of halogens is 1. The number of amides is 1. The fourth-order valence-electron chi connectivity index (χ4n) is 1.71. The van der Waals surface area contributed by atoms with E-state index in [1.807, 2.05) is 0 Å². The van der Waals surface area contributed by atoms with E-state index in [-0.39, 0.29) is 17.4 Å². The highest BCUT2D eigenvalue weighted by Gasteiger charge is 2.16. The highest BCUT2D eigenvalue weighted by atomic mass is 35.5. The maximum absolute atomic E-state index is 11.8. The van der Waals surface area contributed by atoms with Gasteiger partial charge in [-0.15, -0.1) is 11.6 Å². The van der Waals surface area contributed by atoms with Crippen LogP contribution in [0.4, 0.5) is 5.82 Å². The minimum Gasteiger partial charge on any atom is -0.309 e. The standard InChI is InChI=1S/C13H16ClN5O2/c1-6-5-10(16-12(21)8(3)14)19(18-6)13-15-9(4)7(2)11(20)17-13/h5,8H,1-4H3,(H,16,21)(H,15,17,20)/t8-/m0/s1.